The van der Waals surface area contributed by atoms with Crippen LogP contribution in [0.5, 0.6) is 0 Å². The van der Waals surface area contributed by atoms with Crippen LogP contribution in [-0.2, 0) is 9.53 Å². The summed E-state index contributed by atoms with van der Waals surface area (Å²) in [4.78, 5) is 22.6. The Balaban J connectivity index is 2.49. The highest BCUT2D eigenvalue weighted by atomic mass is 16.5. The summed E-state index contributed by atoms with van der Waals surface area (Å²) in [6, 6.07) is -0.529. The first-order valence-corrected chi connectivity index (χ1v) is 5.93. The van der Waals surface area contributed by atoms with E-state index in [9.17, 15) is 9.59 Å². The van der Waals surface area contributed by atoms with Crippen molar-refractivity contribution in [2.75, 3.05) is 13.6 Å². The molecule has 0 aromatic carbocycles. The Kier molecular flexibility index (Phi) is 4.89. The van der Waals surface area contributed by atoms with Crippen LogP contribution in [-0.4, -0.2) is 37.2 Å². The molecule has 4 N–H and O–H groups in total. The zero-order valence-electron chi connectivity index (χ0n) is 10.4. The van der Waals surface area contributed by atoms with Crippen molar-refractivity contribution in [1.82, 2.24) is 10.6 Å². The molecule has 6 heteroatoms. The summed E-state index contributed by atoms with van der Waals surface area (Å²) in [6.07, 6.45) is 3.22. The molecule has 6 nitrogen and oxygen atoms in total. The van der Waals surface area contributed by atoms with Gasteiger partial charge in [0, 0.05) is 13.6 Å². The number of nitrogens with two attached hydrogens (primary N) is 1. The number of carbonyl (C=O) groups excluding carboxylic acids is 2. The van der Waals surface area contributed by atoms with Crippen molar-refractivity contribution < 1.29 is 14.3 Å². The summed E-state index contributed by atoms with van der Waals surface area (Å²) < 4.78 is 5.74. The largest absolute Gasteiger partial charge is 0.361 e. The summed E-state index contributed by atoms with van der Waals surface area (Å²) in [5, 5.41) is 4.51. The molecule has 0 heterocycles. The molecule has 98 valence electrons. The fraction of sp³-hybridized carbons (Fsp3) is 0.818. The number of hydrogen-bond acceptors (Lipinski definition) is 4. The molecule has 0 bridgehead atoms. The quantitative estimate of drug-likeness (QED) is 0.653. The molecule has 1 saturated carbocycles. The molecule has 0 radical (unpaired) electrons. The average molecular weight is 243 g/mol. The van der Waals surface area contributed by atoms with Gasteiger partial charge in [0.25, 0.3) is 5.91 Å². The van der Waals surface area contributed by atoms with Gasteiger partial charge in [0.2, 0.25) is 0 Å². The van der Waals surface area contributed by atoms with Crippen LogP contribution in [0.3, 0.4) is 0 Å². The van der Waals surface area contributed by atoms with Crippen LogP contribution in [0.2, 0.25) is 0 Å². The van der Waals surface area contributed by atoms with E-state index in [2.05, 4.69) is 10.6 Å². The van der Waals surface area contributed by atoms with E-state index in [-0.39, 0.29) is 5.60 Å². The predicted molar refractivity (Wildman–Crippen MR) is 63.4 cm³/mol. The molecule has 1 aliphatic carbocycles. The first-order valence-electron chi connectivity index (χ1n) is 5.93. The Bertz CT molecular complexity index is 288. The van der Waals surface area contributed by atoms with Crippen LogP contribution in [0.4, 0.5) is 4.79 Å². The van der Waals surface area contributed by atoms with Crippen LogP contribution < -0.4 is 16.4 Å². The molecule has 1 unspecified atom stereocenters. The minimum Gasteiger partial charge on any atom is -0.361 e. The summed E-state index contributed by atoms with van der Waals surface area (Å²) in [5.41, 5.74) is 5.32. The van der Waals surface area contributed by atoms with Gasteiger partial charge in [-0.2, -0.15) is 0 Å². The monoisotopic (exact) mass is 243 g/mol. The van der Waals surface area contributed by atoms with Gasteiger partial charge < -0.3 is 15.8 Å². The predicted octanol–water partition coefficient (Wildman–Crippen LogP) is 0.119. The third-order valence-electron chi connectivity index (χ3n) is 3.15. The number of hydrogen-bond donors (Lipinski definition) is 3. The highest BCUT2D eigenvalue weighted by Gasteiger charge is 2.36. The summed E-state index contributed by atoms with van der Waals surface area (Å²) in [6.45, 7) is 2.04. The van der Waals surface area contributed by atoms with E-state index in [1.165, 1.54) is 7.05 Å². The molecule has 0 spiro atoms. The van der Waals surface area contributed by atoms with E-state index in [4.69, 9.17) is 10.5 Å². The molecule has 0 aromatic heterocycles. The molecule has 0 aromatic rings. The van der Waals surface area contributed by atoms with E-state index in [1.807, 2.05) is 0 Å². The third kappa shape index (κ3) is 3.67. The Labute approximate surface area is 101 Å². The normalized spacial score (nSPS) is 19.7. The number of nitrogens with one attached hydrogen (secondary N) is 2. The number of ether oxygens (including phenoxy) is 1. The van der Waals surface area contributed by atoms with Crippen molar-refractivity contribution in [1.29, 1.82) is 0 Å². The van der Waals surface area contributed by atoms with Crippen molar-refractivity contribution in [3.63, 3.8) is 0 Å². The molecule has 3 amide bonds. The van der Waals surface area contributed by atoms with Crippen LogP contribution in [0.25, 0.3) is 0 Å². The molecule has 0 saturated heterocycles. The smallest absolute Gasteiger partial charge is 0.321 e. The van der Waals surface area contributed by atoms with Gasteiger partial charge in [-0.25, -0.2) is 4.79 Å². The maximum Gasteiger partial charge on any atom is 0.321 e. The van der Waals surface area contributed by atoms with Gasteiger partial charge >= 0.3 is 6.03 Å². The van der Waals surface area contributed by atoms with Crippen molar-refractivity contribution >= 4 is 11.9 Å². The van der Waals surface area contributed by atoms with Crippen molar-refractivity contribution in [3.05, 3.63) is 0 Å². The van der Waals surface area contributed by atoms with E-state index in [0.29, 0.717) is 6.54 Å². The van der Waals surface area contributed by atoms with Gasteiger partial charge in [0.15, 0.2) is 0 Å². The fourth-order valence-electron chi connectivity index (χ4n) is 2.09. The van der Waals surface area contributed by atoms with Crippen molar-refractivity contribution in [3.8, 4) is 0 Å². The van der Waals surface area contributed by atoms with Gasteiger partial charge in [-0.15, -0.1) is 0 Å². The first-order chi connectivity index (χ1) is 8.03. The number of carbonyl (C=O) groups is 2. The standard InChI is InChI=1S/C11H21N3O3/c1-8(9(15)14-10(16)13-2)17-11(7-12)5-3-4-6-11/h8H,3-7,12H2,1-2H3,(H2,13,14,15,16). The summed E-state index contributed by atoms with van der Waals surface area (Å²) in [7, 11) is 1.45. The first kappa shape index (κ1) is 13.9. The Morgan fingerprint density at radius 3 is 2.47 bits per heavy atom. The second-order valence-corrected chi connectivity index (χ2v) is 4.42. The highest BCUT2D eigenvalue weighted by molar-refractivity contribution is 5.96. The number of amides is 3. The lowest BCUT2D eigenvalue weighted by Gasteiger charge is -2.30. The zero-order chi connectivity index (χ0) is 12.9. The van der Waals surface area contributed by atoms with E-state index in [0.717, 1.165) is 25.7 Å². The molecular weight excluding hydrogens is 222 g/mol. The fourth-order valence-corrected chi connectivity index (χ4v) is 2.09. The second-order valence-electron chi connectivity index (χ2n) is 4.42. The SMILES string of the molecule is CNC(=O)NC(=O)C(C)OC1(CN)CCCC1. The van der Waals surface area contributed by atoms with Gasteiger partial charge in [0.05, 0.1) is 5.60 Å². The minimum absolute atomic E-state index is 0.389. The molecule has 1 aliphatic rings. The zero-order valence-corrected chi connectivity index (χ0v) is 10.4. The van der Waals surface area contributed by atoms with Crippen LogP contribution in [0.15, 0.2) is 0 Å². The summed E-state index contributed by atoms with van der Waals surface area (Å²) >= 11 is 0. The Morgan fingerprint density at radius 2 is 2.00 bits per heavy atom. The Morgan fingerprint density at radius 1 is 1.41 bits per heavy atom. The minimum atomic E-state index is -0.672. The lowest BCUT2D eigenvalue weighted by atomic mass is 10.0. The maximum absolute atomic E-state index is 11.6. The van der Waals surface area contributed by atoms with Gasteiger partial charge in [0.1, 0.15) is 6.10 Å². The van der Waals surface area contributed by atoms with Crippen LogP contribution in [0, 0.1) is 0 Å². The Hall–Kier alpha value is -1.14. The number of rotatable bonds is 4. The van der Waals surface area contributed by atoms with E-state index < -0.39 is 18.0 Å². The summed E-state index contributed by atoms with van der Waals surface area (Å²) in [5.74, 6) is -0.441. The second kappa shape index (κ2) is 5.97. The van der Waals surface area contributed by atoms with Crippen LogP contribution >= 0.6 is 0 Å². The van der Waals surface area contributed by atoms with E-state index in [1.54, 1.807) is 6.92 Å². The third-order valence-corrected chi connectivity index (χ3v) is 3.15. The van der Waals surface area contributed by atoms with E-state index >= 15 is 0 Å². The molecule has 1 atom stereocenters. The van der Waals surface area contributed by atoms with Gasteiger partial charge in [-0.1, -0.05) is 12.8 Å². The van der Waals surface area contributed by atoms with Crippen LogP contribution in [0.1, 0.15) is 32.6 Å². The molecule has 17 heavy (non-hydrogen) atoms. The lowest BCUT2D eigenvalue weighted by Crippen LogP contribution is -2.48. The molecular formula is C11H21N3O3. The van der Waals surface area contributed by atoms with Gasteiger partial charge in [-0.05, 0) is 19.8 Å². The lowest BCUT2D eigenvalue weighted by molar-refractivity contribution is -0.142. The molecule has 1 fully saturated rings. The number of urea groups is 1. The van der Waals surface area contributed by atoms with Crippen molar-refractivity contribution in [2.24, 2.45) is 5.73 Å². The van der Waals surface area contributed by atoms with Gasteiger partial charge in [-0.3, -0.25) is 10.1 Å². The average Bonchev–Trinajstić information content (AvgIpc) is 2.77. The number of imide groups is 1. The molecule has 1 rings (SSSR count). The highest BCUT2D eigenvalue weighted by Crippen LogP contribution is 2.33. The maximum atomic E-state index is 11.6. The topological polar surface area (TPSA) is 93.5 Å². The molecule has 0 aliphatic heterocycles. The van der Waals surface area contributed by atoms with Crippen molar-refractivity contribution in [2.45, 2.75) is 44.3 Å².